The molecule has 2 amide bonds. The van der Waals surface area contributed by atoms with Gasteiger partial charge in [-0.3, -0.25) is 9.59 Å². The van der Waals surface area contributed by atoms with Gasteiger partial charge in [0.2, 0.25) is 11.8 Å². The Hall–Kier alpha value is 0.190. The lowest BCUT2D eigenvalue weighted by molar-refractivity contribution is -0.139. The molecule has 100 valence electrons. The van der Waals surface area contributed by atoms with Crippen molar-refractivity contribution >= 4 is 56.1 Å². The topological polar surface area (TPSA) is 40.6 Å². The van der Waals surface area contributed by atoms with Gasteiger partial charge in [0.1, 0.15) is 0 Å². The molecule has 1 saturated heterocycles. The summed E-state index contributed by atoms with van der Waals surface area (Å²) >= 11 is 6.51. The molecule has 0 aromatic rings. The van der Waals surface area contributed by atoms with Crippen LogP contribution in [0.2, 0.25) is 0 Å². The summed E-state index contributed by atoms with van der Waals surface area (Å²) < 4.78 is 0. The molecule has 7 heteroatoms. The van der Waals surface area contributed by atoms with Crippen molar-refractivity contribution in [3.63, 3.8) is 0 Å². The molecule has 0 unspecified atom stereocenters. The van der Waals surface area contributed by atoms with Gasteiger partial charge in [0.05, 0.1) is 0 Å². The highest BCUT2D eigenvalue weighted by Crippen LogP contribution is 2.06. The molecule has 0 bridgehead atoms. The number of rotatable bonds is 4. The summed E-state index contributed by atoms with van der Waals surface area (Å²) in [5.41, 5.74) is 0. The minimum absolute atomic E-state index is 0. The molecule has 0 N–H and O–H groups in total. The fourth-order valence-corrected chi connectivity index (χ4v) is 2.36. The van der Waals surface area contributed by atoms with E-state index in [2.05, 4.69) is 31.9 Å². The lowest BCUT2D eigenvalue weighted by atomic mass is 10.2. The zero-order valence-corrected chi connectivity index (χ0v) is 13.5. The third-order valence-corrected chi connectivity index (χ3v) is 3.39. The summed E-state index contributed by atoms with van der Waals surface area (Å²) in [6.45, 7) is 2.67. The van der Waals surface area contributed by atoms with Gasteiger partial charge in [-0.05, 0) is 0 Å². The number of hydrogen-bond acceptors (Lipinski definition) is 2. The highest BCUT2D eigenvalue weighted by atomic mass is 79.9. The quantitative estimate of drug-likeness (QED) is 0.683. The molecular formula is C10H17Br2ClN2O2. The summed E-state index contributed by atoms with van der Waals surface area (Å²) in [5.74, 6) is 0.342. The first-order valence-electron chi connectivity index (χ1n) is 5.36. The van der Waals surface area contributed by atoms with Crippen LogP contribution < -0.4 is 0 Å². The van der Waals surface area contributed by atoms with E-state index in [1.165, 1.54) is 0 Å². The molecule has 1 aliphatic rings. The first-order chi connectivity index (χ1) is 7.69. The maximum atomic E-state index is 11.6. The normalized spacial score (nSPS) is 15.4. The number of nitrogens with zero attached hydrogens (tertiary/aromatic N) is 2. The Balaban J connectivity index is 0.00000256. The zero-order valence-electron chi connectivity index (χ0n) is 9.53. The molecule has 4 nitrogen and oxygen atoms in total. The summed E-state index contributed by atoms with van der Waals surface area (Å²) in [6, 6.07) is 0. The number of alkyl halides is 2. The van der Waals surface area contributed by atoms with Crippen LogP contribution in [0.1, 0.15) is 12.8 Å². The van der Waals surface area contributed by atoms with Gasteiger partial charge in [0.15, 0.2) is 0 Å². The molecule has 0 atom stereocenters. The predicted octanol–water partition coefficient (Wildman–Crippen LogP) is 1.65. The van der Waals surface area contributed by atoms with Crippen molar-refractivity contribution in [1.82, 2.24) is 9.80 Å². The molecule has 1 rings (SSSR count). The van der Waals surface area contributed by atoms with E-state index in [1.807, 2.05) is 9.80 Å². The highest BCUT2D eigenvalue weighted by Gasteiger charge is 2.22. The van der Waals surface area contributed by atoms with Crippen LogP contribution >= 0.6 is 44.3 Å². The summed E-state index contributed by atoms with van der Waals surface area (Å²) in [6.07, 6.45) is 1.07. The van der Waals surface area contributed by atoms with Crippen LogP contribution in [0.15, 0.2) is 0 Å². The van der Waals surface area contributed by atoms with Crippen molar-refractivity contribution in [2.45, 2.75) is 12.8 Å². The van der Waals surface area contributed by atoms with Crippen LogP contribution in [0, 0.1) is 0 Å². The van der Waals surface area contributed by atoms with E-state index in [0.29, 0.717) is 49.7 Å². The van der Waals surface area contributed by atoms with Crippen LogP contribution in [0.25, 0.3) is 0 Å². The Morgan fingerprint density at radius 1 is 0.824 bits per heavy atom. The van der Waals surface area contributed by atoms with Crippen molar-refractivity contribution < 1.29 is 9.59 Å². The molecule has 0 spiro atoms. The molecule has 1 fully saturated rings. The molecule has 0 saturated carbocycles. The van der Waals surface area contributed by atoms with Crippen LogP contribution in [-0.2, 0) is 9.59 Å². The zero-order chi connectivity index (χ0) is 12.0. The molecule has 1 heterocycles. The maximum Gasteiger partial charge on any atom is 0.223 e. The minimum Gasteiger partial charge on any atom is -0.339 e. The van der Waals surface area contributed by atoms with E-state index in [1.54, 1.807) is 0 Å². The lowest BCUT2D eigenvalue weighted by Gasteiger charge is -2.34. The van der Waals surface area contributed by atoms with Crippen LogP contribution in [0.4, 0.5) is 0 Å². The lowest BCUT2D eigenvalue weighted by Crippen LogP contribution is -2.50. The van der Waals surface area contributed by atoms with Gasteiger partial charge in [-0.15, -0.1) is 12.4 Å². The monoisotopic (exact) mass is 390 g/mol. The van der Waals surface area contributed by atoms with Gasteiger partial charge in [0, 0.05) is 49.7 Å². The Kier molecular flexibility index (Phi) is 9.27. The number of carbonyl (C=O) groups is 2. The maximum absolute atomic E-state index is 11.6. The van der Waals surface area contributed by atoms with E-state index >= 15 is 0 Å². The fourth-order valence-electron chi connectivity index (χ4n) is 1.68. The number of hydrogen-bond donors (Lipinski definition) is 0. The second kappa shape index (κ2) is 9.16. The van der Waals surface area contributed by atoms with Crippen LogP contribution in [0.3, 0.4) is 0 Å². The average molecular weight is 393 g/mol. The van der Waals surface area contributed by atoms with Crippen molar-refractivity contribution in [2.24, 2.45) is 0 Å². The predicted molar refractivity (Wildman–Crippen MR) is 77.2 cm³/mol. The molecule has 0 aromatic carbocycles. The van der Waals surface area contributed by atoms with Gasteiger partial charge in [-0.25, -0.2) is 0 Å². The van der Waals surface area contributed by atoms with Gasteiger partial charge in [-0.2, -0.15) is 0 Å². The van der Waals surface area contributed by atoms with E-state index in [4.69, 9.17) is 0 Å². The largest absolute Gasteiger partial charge is 0.339 e. The van der Waals surface area contributed by atoms with Crippen LogP contribution in [0.5, 0.6) is 0 Å². The van der Waals surface area contributed by atoms with E-state index in [9.17, 15) is 9.59 Å². The van der Waals surface area contributed by atoms with Crippen molar-refractivity contribution in [1.29, 1.82) is 0 Å². The second-order valence-electron chi connectivity index (χ2n) is 3.64. The van der Waals surface area contributed by atoms with E-state index in [0.717, 1.165) is 0 Å². The SMILES string of the molecule is Cl.O=C(CCBr)N1CCN(C(=O)CCBr)CC1. The Morgan fingerprint density at radius 2 is 1.12 bits per heavy atom. The Morgan fingerprint density at radius 3 is 1.35 bits per heavy atom. The van der Waals surface area contributed by atoms with E-state index < -0.39 is 0 Å². The summed E-state index contributed by atoms with van der Waals surface area (Å²) in [7, 11) is 0. The number of carbonyl (C=O) groups excluding carboxylic acids is 2. The molecule has 1 aliphatic heterocycles. The van der Waals surface area contributed by atoms with Crippen LogP contribution in [-0.4, -0.2) is 58.5 Å². The van der Waals surface area contributed by atoms with Gasteiger partial charge >= 0.3 is 0 Å². The van der Waals surface area contributed by atoms with Gasteiger partial charge in [0.25, 0.3) is 0 Å². The number of piperazine rings is 1. The number of amides is 2. The second-order valence-corrected chi connectivity index (χ2v) is 5.23. The Bertz CT molecular complexity index is 233. The van der Waals surface area contributed by atoms with Crippen molar-refractivity contribution in [3.05, 3.63) is 0 Å². The molecule has 0 aromatic heterocycles. The first kappa shape index (κ1) is 17.2. The molecule has 0 radical (unpaired) electrons. The summed E-state index contributed by atoms with van der Waals surface area (Å²) in [5, 5.41) is 1.41. The molecule has 17 heavy (non-hydrogen) atoms. The molecule has 0 aliphatic carbocycles. The smallest absolute Gasteiger partial charge is 0.223 e. The number of halogens is 3. The fraction of sp³-hybridized carbons (Fsp3) is 0.800. The van der Waals surface area contributed by atoms with Crippen molar-refractivity contribution in [3.8, 4) is 0 Å². The van der Waals surface area contributed by atoms with E-state index in [-0.39, 0.29) is 24.2 Å². The third kappa shape index (κ3) is 5.57. The minimum atomic E-state index is 0. The average Bonchev–Trinajstić information content (AvgIpc) is 2.30. The third-order valence-electron chi connectivity index (χ3n) is 2.60. The summed E-state index contributed by atoms with van der Waals surface area (Å²) in [4.78, 5) is 26.8. The first-order valence-corrected chi connectivity index (χ1v) is 7.60. The standard InChI is InChI=1S/C10H16Br2N2O2.ClH/c11-3-1-9(15)13-5-7-14(8-6-13)10(16)2-4-12;/h1-8H2;1H. The van der Waals surface area contributed by atoms with Gasteiger partial charge < -0.3 is 9.80 Å². The van der Waals surface area contributed by atoms with Gasteiger partial charge in [-0.1, -0.05) is 31.9 Å². The van der Waals surface area contributed by atoms with Crippen molar-refractivity contribution in [2.75, 3.05) is 36.8 Å². The highest BCUT2D eigenvalue weighted by molar-refractivity contribution is 9.09. The Labute approximate surface area is 125 Å². The molecular weight excluding hydrogens is 375 g/mol.